The van der Waals surface area contributed by atoms with Crippen molar-refractivity contribution in [2.24, 2.45) is 0 Å². The Balaban J connectivity index is 2.13. The van der Waals surface area contributed by atoms with Crippen LogP contribution in [0, 0.1) is 0 Å². The van der Waals surface area contributed by atoms with Crippen molar-refractivity contribution in [3.8, 4) is 0 Å². The van der Waals surface area contributed by atoms with Crippen LogP contribution in [-0.4, -0.2) is 46.8 Å². The predicted octanol–water partition coefficient (Wildman–Crippen LogP) is 0.469. The lowest BCUT2D eigenvalue weighted by Crippen LogP contribution is -2.27. The van der Waals surface area contributed by atoms with Crippen LogP contribution in [-0.2, 0) is 10.0 Å². The molecule has 0 amide bonds. The number of nitrogens with one attached hydrogen (secondary N) is 2. The molecule has 0 radical (unpaired) electrons. The van der Waals surface area contributed by atoms with Crippen LogP contribution < -0.4 is 10.7 Å². The van der Waals surface area contributed by atoms with Gasteiger partial charge in [0.05, 0.1) is 4.90 Å². The summed E-state index contributed by atoms with van der Waals surface area (Å²) in [6, 6.07) is 6.39. The minimum Gasteiger partial charge on any atom is -0.331 e. The maximum atomic E-state index is 12.1. The highest BCUT2D eigenvalue weighted by molar-refractivity contribution is 7.89. The monoisotopic (exact) mass is 326 g/mol. The first-order valence-electron chi connectivity index (χ1n) is 5.85. The van der Waals surface area contributed by atoms with Gasteiger partial charge in [-0.15, -0.1) is 10.2 Å². The molecule has 8 nitrogen and oxygen atoms in total. The number of aromatic nitrogens is 3. The van der Waals surface area contributed by atoms with Crippen LogP contribution in [0.25, 0.3) is 0 Å². The molecular formula is C11H14N6O2S2. The van der Waals surface area contributed by atoms with E-state index in [4.69, 9.17) is 12.2 Å². The fourth-order valence-corrected chi connectivity index (χ4v) is 2.65. The third kappa shape index (κ3) is 3.74. The molecule has 0 aliphatic rings. The summed E-state index contributed by atoms with van der Waals surface area (Å²) >= 11 is 5.11. The third-order valence-electron chi connectivity index (χ3n) is 2.52. The molecule has 2 N–H and O–H groups in total. The largest absolute Gasteiger partial charge is 0.331 e. The van der Waals surface area contributed by atoms with E-state index in [1.807, 2.05) is 0 Å². The van der Waals surface area contributed by atoms with E-state index in [1.54, 1.807) is 12.1 Å². The quantitative estimate of drug-likeness (QED) is 0.789. The number of anilines is 1. The number of rotatable bonds is 4. The zero-order valence-electron chi connectivity index (χ0n) is 11.4. The van der Waals surface area contributed by atoms with Crippen LogP contribution in [0.3, 0.4) is 0 Å². The van der Waals surface area contributed by atoms with Gasteiger partial charge in [-0.05, 0) is 30.4 Å². The highest BCUT2D eigenvalue weighted by Crippen LogP contribution is 2.17. The molecule has 0 fully saturated rings. The van der Waals surface area contributed by atoms with E-state index in [2.05, 4.69) is 20.9 Å². The van der Waals surface area contributed by atoms with Gasteiger partial charge in [0, 0.05) is 19.8 Å². The van der Waals surface area contributed by atoms with Gasteiger partial charge in [-0.3, -0.25) is 5.43 Å². The molecule has 0 atom stereocenters. The molecule has 1 aromatic heterocycles. The zero-order valence-corrected chi connectivity index (χ0v) is 13.0. The molecule has 0 spiro atoms. The second-order valence-corrected chi connectivity index (χ2v) is 6.81. The highest BCUT2D eigenvalue weighted by atomic mass is 32.2. The molecule has 2 aromatic rings. The lowest BCUT2D eigenvalue weighted by Gasteiger charge is -2.14. The molecule has 0 saturated heterocycles. The van der Waals surface area contributed by atoms with Gasteiger partial charge in [0.15, 0.2) is 5.11 Å². The number of nitrogens with zero attached hydrogens (tertiary/aromatic N) is 4. The Morgan fingerprint density at radius 3 is 2.57 bits per heavy atom. The van der Waals surface area contributed by atoms with Gasteiger partial charge in [0.2, 0.25) is 10.0 Å². The molecule has 0 saturated carbocycles. The molecule has 1 aromatic carbocycles. The Bertz CT molecular complexity index is 727. The summed E-state index contributed by atoms with van der Waals surface area (Å²) in [4.78, 5) is 0.185. The number of sulfonamides is 1. The number of hydrogen-bond acceptors (Lipinski definition) is 5. The normalized spacial score (nSPS) is 11.4. The molecule has 1 heterocycles. The summed E-state index contributed by atoms with van der Waals surface area (Å²) in [6.07, 6.45) is 2.89. The molecule has 0 aliphatic heterocycles. The smallest absolute Gasteiger partial charge is 0.242 e. The summed E-state index contributed by atoms with van der Waals surface area (Å²) in [7, 11) is -0.521. The fourth-order valence-electron chi connectivity index (χ4n) is 1.48. The predicted molar refractivity (Wildman–Crippen MR) is 82.9 cm³/mol. The van der Waals surface area contributed by atoms with Crippen LogP contribution in [0.2, 0.25) is 0 Å². The average molecular weight is 326 g/mol. The van der Waals surface area contributed by atoms with E-state index in [0.717, 1.165) is 4.31 Å². The zero-order chi connectivity index (χ0) is 15.5. The van der Waals surface area contributed by atoms with Crippen molar-refractivity contribution in [3.63, 3.8) is 0 Å². The number of benzene rings is 1. The number of hydrogen-bond donors (Lipinski definition) is 2. The highest BCUT2D eigenvalue weighted by Gasteiger charge is 2.17. The average Bonchev–Trinajstić information content (AvgIpc) is 2.91. The van der Waals surface area contributed by atoms with Crippen LogP contribution in [0.1, 0.15) is 0 Å². The van der Waals surface area contributed by atoms with Crippen LogP contribution in [0.4, 0.5) is 5.69 Å². The van der Waals surface area contributed by atoms with Gasteiger partial charge in [0.1, 0.15) is 12.7 Å². The minimum atomic E-state index is -3.48. The van der Waals surface area contributed by atoms with E-state index < -0.39 is 10.0 Å². The number of thiocarbonyl (C=S) groups is 1. The molecule has 0 unspecified atom stereocenters. The van der Waals surface area contributed by atoms with E-state index in [0.29, 0.717) is 5.69 Å². The molecule has 2 rings (SSSR count). The van der Waals surface area contributed by atoms with Crippen molar-refractivity contribution < 1.29 is 8.42 Å². The molecular weight excluding hydrogens is 312 g/mol. The summed E-state index contributed by atoms with van der Waals surface area (Å²) < 4.78 is 26.7. The van der Waals surface area contributed by atoms with Crippen LogP contribution in [0.15, 0.2) is 41.8 Å². The van der Waals surface area contributed by atoms with Crippen molar-refractivity contribution in [1.29, 1.82) is 0 Å². The Kier molecular flexibility index (Phi) is 4.50. The summed E-state index contributed by atoms with van der Waals surface area (Å²) in [5, 5.41) is 10.4. The SMILES string of the molecule is CN(C)S(=O)(=O)c1cccc(NC(=S)Nn2cnnc2)c1. The van der Waals surface area contributed by atoms with E-state index in [1.165, 1.54) is 43.6 Å². The molecule has 10 heteroatoms. The Morgan fingerprint density at radius 1 is 1.29 bits per heavy atom. The van der Waals surface area contributed by atoms with Gasteiger partial charge < -0.3 is 5.32 Å². The Hall–Kier alpha value is -2.04. The maximum Gasteiger partial charge on any atom is 0.242 e. The van der Waals surface area contributed by atoms with Crippen molar-refractivity contribution in [3.05, 3.63) is 36.9 Å². The van der Waals surface area contributed by atoms with Crippen LogP contribution in [0.5, 0.6) is 0 Å². The maximum absolute atomic E-state index is 12.1. The minimum absolute atomic E-state index is 0.185. The summed E-state index contributed by atoms with van der Waals surface area (Å²) in [6.45, 7) is 0. The molecule has 0 aliphatic carbocycles. The van der Waals surface area contributed by atoms with Gasteiger partial charge in [-0.25, -0.2) is 17.4 Å². The first-order chi connectivity index (χ1) is 9.89. The van der Waals surface area contributed by atoms with E-state index in [-0.39, 0.29) is 10.0 Å². The van der Waals surface area contributed by atoms with Crippen molar-refractivity contribution in [1.82, 2.24) is 19.2 Å². The first kappa shape index (κ1) is 15.4. The van der Waals surface area contributed by atoms with E-state index in [9.17, 15) is 8.42 Å². The molecule has 21 heavy (non-hydrogen) atoms. The Labute approximate surface area is 127 Å². The second kappa shape index (κ2) is 6.16. The molecule has 112 valence electrons. The van der Waals surface area contributed by atoms with Gasteiger partial charge in [-0.2, -0.15) is 0 Å². The standard InChI is InChI=1S/C11H14N6O2S2/c1-16(2)21(18,19)10-5-3-4-9(6-10)14-11(20)15-17-7-12-13-8-17/h3-8H,1-2H3,(H2,14,15,20). The third-order valence-corrected chi connectivity index (χ3v) is 4.52. The lowest BCUT2D eigenvalue weighted by molar-refractivity contribution is 0.521. The van der Waals surface area contributed by atoms with Crippen molar-refractivity contribution >= 4 is 33.0 Å². The van der Waals surface area contributed by atoms with Crippen molar-refractivity contribution in [2.75, 3.05) is 24.8 Å². The summed E-state index contributed by atoms with van der Waals surface area (Å²) in [5.74, 6) is 0. The topological polar surface area (TPSA) is 92.2 Å². The Morgan fingerprint density at radius 2 is 1.95 bits per heavy atom. The van der Waals surface area contributed by atoms with Gasteiger partial charge in [-0.1, -0.05) is 6.07 Å². The van der Waals surface area contributed by atoms with Gasteiger partial charge >= 0.3 is 0 Å². The summed E-state index contributed by atoms with van der Waals surface area (Å²) in [5.41, 5.74) is 3.36. The fraction of sp³-hybridized carbons (Fsp3) is 0.182. The molecule has 0 bridgehead atoms. The van der Waals surface area contributed by atoms with Crippen LogP contribution >= 0.6 is 12.2 Å². The van der Waals surface area contributed by atoms with Gasteiger partial charge in [0.25, 0.3) is 0 Å². The van der Waals surface area contributed by atoms with E-state index >= 15 is 0 Å². The lowest BCUT2D eigenvalue weighted by atomic mass is 10.3. The first-order valence-corrected chi connectivity index (χ1v) is 7.69. The van der Waals surface area contributed by atoms with Crippen molar-refractivity contribution in [2.45, 2.75) is 4.90 Å². The second-order valence-electron chi connectivity index (χ2n) is 4.25.